The fourth-order valence-electron chi connectivity index (χ4n) is 3.52. The SMILES string of the molecule is O=S(=O)(c1ccc(Br)cc1F)N1CCCC2CCCC21. The molecule has 0 bridgehead atoms. The largest absolute Gasteiger partial charge is 0.246 e. The molecule has 20 heavy (non-hydrogen) atoms. The number of nitrogens with zero attached hydrogens (tertiary/aromatic N) is 1. The topological polar surface area (TPSA) is 37.4 Å². The van der Waals surface area contributed by atoms with E-state index >= 15 is 0 Å². The second kappa shape index (κ2) is 5.39. The van der Waals surface area contributed by atoms with Crippen LogP contribution in [-0.2, 0) is 10.0 Å². The zero-order valence-electron chi connectivity index (χ0n) is 11.1. The van der Waals surface area contributed by atoms with Crippen molar-refractivity contribution in [3.8, 4) is 0 Å². The predicted octanol–water partition coefficient (Wildman–Crippen LogP) is 3.54. The van der Waals surface area contributed by atoms with Crippen molar-refractivity contribution in [2.45, 2.75) is 43.0 Å². The van der Waals surface area contributed by atoms with Crippen LogP contribution in [0.4, 0.5) is 4.39 Å². The van der Waals surface area contributed by atoms with Gasteiger partial charge in [0.15, 0.2) is 0 Å². The highest BCUT2D eigenvalue weighted by Crippen LogP contribution is 2.39. The molecule has 0 radical (unpaired) electrons. The molecule has 6 heteroatoms. The highest BCUT2D eigenvalue weighted by Gasteiger charge is 2.41. The third kappa shape index (κ3) is 2.42. The Hall–Kier alpha value is -0.460. The van der Waals surface area contributed by atoms with Crippen molar-refractivity contribution in [1.82, 2.24) is 4.31 Å². The van der Waals surface area contributed by atoms with Crippen LogP contribution < -0.4 is 0 Å². The minimum Gasteiger partial charge on any atom is -0.207 e. The predicted molar refractivity (Wildman–Crippen MR) is 78.4 cm³/mol. The van der Waals surface area contributed by atoms with E-state index < -0.39 is 15.8 Å². The summed E-state index contributed by atoms with van der Waals surface area (Å²) in [6.07, 6.45) is 5.05. The third-order valence-electron chi connectivity index (χ3n) is 4.42. The molecule has 0 amide bonds. The summed E-state index contributed by atoms with van der Waals surface area (Å²) in [6.45, 7) is 0.513. The molecule has 1 aliphatic heterocycles. The van der Waals surface area contributed by atoms with Gasteiger partial charge in [-0.05, 0) is 49.8 Å². The van der Waals surface area contributed by atoms with Gasteiger partial charge in [-0.1, -0.05) is 22.4 Å². The lowest BCUT2D eigenvalue weighted by molar-refractivity contribution is 0.201. The highest BCUT2D eigenvalue weighted by molar-refractivity contribution is 9.10. The van der Waals surface area contributed by atoms with Crippen LogP contribution in [0.5, 0.6) is 0 Å². The zero-order chi connectivity index (χ0) is 14.3. The number of rotatable bonds is 2. The van der Waals surface area contributed by atoms with E-state index in [2.05, 4.69) is 15.9 Å². The van der Waals surface area contributed by atoms with E-state index in [9.17, 15) is 12.8 Å². The van der Waals surface area contributed by atoms with Gasteiger partial charge in [0.05, 0.1) is 0 Å². The first-order valence-electron chi connectivity index (χ1n) is 6.97. The average molecular weight is 362 g/mol. The first kappa shape index (κ1) is 14.5. The lowest BCUT2D eigenvalue weighted by Gasteiger charge is -2.36. The number of piperidine rings is 1. The Labute approximate surface area is 127 Å². The summed E-state index contributed by atoms with van der Waals surface area (Å²) in [6, 6.07) is 4.21. The number of fused-ring (bicyclic) bond motifs is 1. The number of halogens is 2. The van der Waals surface area contributed by atoms with Crippen molar-refractivity contribution >= 4 is 26.0 Å². The third-order valence-corrected chi connectivity index (χ3v) is 6.87. The molecular weight excluding hydrogens is 345 g/mol. The smallest absolute Gasteiger partial charge is 0.207 e. The molecule has 1 aromatic rings. The molecular formula is C14H17BrFNO2S. The van der Waals surface area contributed by atoms with E-state index in [4.69, 9.17) is 0 Å². The Morgan fingerprint density at radius 2 is 1.95 bits per heavy atom. The van der Waals surface area contributed by atoms with Gasteiger partial charge < -0.3 is 0 Å². The summed E-state index contributed by atoms with van der Waals surface area (Å²) in [4.78, 5) is -0.201. The van der Waals surface area contributed by atoms with Crippen molar-refractivity contribution in [3.05, 3.63) is 28.5 Å². The van der Waals surface area contributed by atoms with Crippen LogP contribution in [0.2, 0.25) is 0 Å². The molecule has 3 nitrogen and oxygen atoms in total. The molecule has 110 valence electrons. The van der Waals surface area contributed by atoms with Crippen LogP contribution in [0.1, 0.15) is 32.1 Å². The van der Waals surface area contributed by atoms with Gasteiger partial charge in [0.2, 0.25) is 10.0 Å². The van der Waals surface area contributed by atoms with Gasteiger partial charge in [-0.2, -0.15) is 4.31 Å². The van der Waals surface area contributed by atoms with Crippen LogP contribution in [0.25, 0.3) is 0 Å². The summed E-state index contributed by atoms with van der Waals surface area (Å²) in [7, 11) is -3.73. The Morgan fingerprint density at radius 1 is 1.20 bits per heavy atom. The lowest BCUT2D eigenvalue weighted by Crippen LogP contribution is -2.46. The van der Waals surface area contributed by atoms with Gasteiger partial charge in [0, 0.05) is 17.1 Å². The van der Waals surface area contributed by atoms with Crippen molar-refractivity contribution < 1.29 is 12.8 Å². The van der Waals surface area contributed by atoms with Crippen LogP contribution in [0.3, 0.4) is 0 Å². The lowest BCUT2D eigenvalue weighted by atomic mass is 9.94. The number of hydrogen-bond acceptors (Lipinski definition) is 2. The molecule has 1 heterocycles. The first-order valence-corrected chi connectivity index (χ1v) is 9.20. The average Bonchev–Trinajstić information content (AvgIpc) is 2.85. The number of sulfonamides is 1. The van der Waals surface area contributed by atoms with E-state index in [-0.39, 0.29) is 10.9 Å². The van der Waals surface area contributed by atoms with Crippen LogP contribution in [-0.4, -0.2) is 25.3 Å². The van der Waals surface area contributed by atoms with E-state index in [0.717, 1.165) is 32.1 Å². The van der Waals surface area contributed by atoms with Crippen molar-refractivity contribution in [1.29, 1.82) is 0 Å². The van der Waals surface area contributed by atoms with E-state index in [1.807, 2.05) is 0 Å². The van der Waals surface area contributed by atoms with E-state index in [0.29, 0.717) is 16.9 Å². The standard InChI is InChI=1S/C14H17BrFNO2S/c15-11-6-7-14(12(16)9-11)20(18,19)17-8-2-4-10-3-1-5-13(10)17/h6-7,9-10,13H,1-5,8H2. The molecule has 0 aromatic heterocycles. The maximum atomic E-state index is 14.0. The molecule has 2 atom stereocenters. The summed E-state index contributed by atoms with van der Waals surface area (Å²) in [5, 5.41) is 0. The minimum absolute atomic E-state index is 0.0665. The van der Waals surface area contributed by atoms with Crippen molar-refractivity contribution in [2.75, 3.05) is 6.54 Å². The van der Waals surface area contributed by atoms with Crippen LogP contribution >= 0.6 is 15.9 Å². The molecule has 1 saturated heterocycles. The molecule has 1 aromatic carbocycles. The summed E-state index contributed by atoms with van der Waals surface area (Å²) in [5.41, 5.74) is 0. The molecule has 2 fully saturated rings. The van der Waals surface area contributed by atoms with Crippen molar-refractivity contribution in [3.63, 3.8) is 0 Å². The second-order valence-corrected chi connectivity index (χ2v) is 8.37. The normalized spacial score (nSPS) is 27.5. The fourth-order valence-corrected chi connectivity index (χ4v) is 5.65. The van der Waals surface area contributed by atoms with Gasteiger partial charge in [0.25, 0.3) is 0 Å². The van der Waals surface area contributed by atoms with E-state index in [1.165, 1.54) is 12.1 Å². The van der Waals surface area contributed by atoms with Gasteiger partial charge >= 0.3 is 0 Å². The van der Waals surface area contributed by atoms with Gasteiger partial charge in [-0.15, -0.1) is 0 Å². The van der Waals surface area contributed by atoms with Crippen molar-refractivity contribution in [2.24, 2.45) is 5.92 Å². The Morgan fingerprint density at radius 3 is 2.70 bits per heavy atom. The maximum Gasteiger partial charge on any atom is 0.246 e. The zero-order valence-corrected chi connectivity index (χ0v) is 13.5. The molecule has 1 saturated carbocycles. The molecule has 2 unspecified atom stereocenters. The Bertz CT molecular complexity index is 620. The summed E-state index contributed by atoms with van der Waals surface area (Å²) >= 11 is 3.16. The Balaban J connectivity index is 1.98. The number of hydrogen-bond donors (Lipinski definition) is 0. The molecule has 2 aliphatic rings. The monoisotopic (exact) mass is 361 g/mol. The quantitative estimate of drug-likeness (QED) is 0.807. The van der Waals surface area contributed by atoms with Gasteiger partial charge in [-0.3, -0.25) is 0 Å². The maximum absolute atomic E-state index is 14.0. The number of benzene rings is 1. The highest BCUT2D eigenvalue weighted by atomic mass is 79.9. The fraction of sp³-hybridized carbons (Fsp3) is 0.571. The molecule has 1 aliphatic carbocycles. The first-order chi connectivity index (χ1) is 9.50. The van der Waals surface area contributed by atoms with Gasteiger partial charge in [0.1, 0.15) is 10.7 Å². The molecule has 3 rings (SSSR count). The van der Waals surface area contributed by atoms with Crippen LogP contribution in [0, 0.1) is 11.7 Å². The molecule has 0 N–H and O–H groups in total. The summed E-state index contributed by atoms with van der Waals surface area (Å²) < 4.78 is 41.6. The Kier molecular flexibility index (Phi) is 3.90. The second-order valence-electron chi connectivity index (χ2n) is 5.59. The molecule has 0 spiro atoms. The summed E-state index contributed by atoms with van der Waals surface area (Å²) in [5.74, 6) is -0.225. The van der Waals surface area contributed by atoms with Crippen LogP contribution in [0.15, 0.2) is 27.6 Å². The minimum atomic E-state index is -3.73. The van der Waals surface area contributed by atoms with E-state index in [1.54, 1.807) is 10.4 Å². The van der Waals surface area contributed by atoms with Gasteiger partial charge in [-0.25, -0.2) is 12.8 Å².